The number of rotatable bonds is 5. The average Bonchev–Trinajstić information content (AvgIpc) is 3.03. The third-order valence-corrected chi connectivity index (χ3v) is 5.12. The van der Waals surface area contributed by atoms with Gasteiger partial charge in [0.2, 0.25) is 11.8 Å². The van der Waals surface area contributed by atoms with E-state index >= 15 is 0 Å². The van der Waals surface area contributed by atoms with Crippen molar-refractivity contribution in [3.8, 4) is 0 Å². The van der Waals surface area contributed by atoms with E-state index in [1.165, 1.54) is 31.0 Å². The minimum Gasteiger partial charge on any atom is -0.416 e. The fourth-order valence-corrected chi connectivity index (χ4v) is 3.65. The number of halogens is 1. The molecule has 1 aliphatic rings. The van der Waals surface area contributed by atoms with E-state index in [0.717, 1.165) is 28.9 Å². The van der Waals surface area contributed by atoms with Crippen LogP contribution in [0, 0.1) is 0 Å². The lowest BCUT2D eigenvalue weighted by Gasteiger charge is -2.17. The maximum Gasteiger partial charge on any atom is 0.277 e. The molecule has 1 aliphatic carbocycles. The van der Waals surface area contributed by atoms with Gasteiger partial charge < -0.3 is 9.73 Å². The quantitative estimate of drug-likeness (QED) is 0.748. The van der Waals surface area contributed by atoms with Gasteiger partial charge in [0.25, 0.3) is 5.22 Å². The summed E-state index contributed by atoms with van der Waals surface area (Å²) in [4.78, 5) is 12.0. The molecule has 23 heavy (non-hydrogen) atoms. The molecule has 1 N–H and O–H groups in total. The molecule has 1 aromatic carbocycles. The molecule has 1 saturated carbocycles. The molecular formula is C16H18BrN3O2S. The third-order valence-electron chi connectivity index (χ3n) is 3.81. The molecule has 0 spiro atoms. The Morgan fingerprint density at radius 2 is 2.13 bits per heavy atom. The van der Waals surface area contributed by atoms with Crippen molar-refractivity contribution in [2.24, 2.45) is 0 Å². The van der Waals surface area contributed by atoms with Crippen LogP contribution in [0.2, 0.25) is 0 Å². The van der Waals surface area contributed by atoms with E-state index in [1.807, 2.05) is 24.3 Å². The maximum atomic E-state index is 12.0. The summed E-state index contributed by atoms with van der Waals surface area (Å²) in [5.41, 5.74) is 0.762. The molecule has 0 atom stereocenters. The Bertz CT molecular complexity index is 671. The van der Waals surface area contributed by atoms with E-state index in [2.05, 4.69) is 31.4 Å². The molecular weight excluding hydrogens is 378 g/mol. The highest BCUT2D eigenvalue weighted by molar-refractivity contribution is 9.10. The summed E-state index contributed by atoms with van der Waals surface area (Å²) < 4.78 is 6.62. The molecule has 0 aliphatic heterocycles. The summed E-state index contributed by atoms with van der Waals surface area (Å²) >= 11 is 4.65. The lowest BCUT2D eigenvalue weighted by molar-refractivity contribution is -0.113. The molecule has 0 unspecified atom stereocenters. The van der Waals surface area contributed by atoms with E-state index < -0.39 is 0 Å². The molecule has 0 radical (unpaired) electrons. The highest BCUT2D eigenvalue weighted by Gasteiger charge is 2.21. The summed E-state index contributed by atoms with van der Waals surface area (Å²) in [5, 5.41) is 11.5. The van der Waals surface area contributed by atoms with Crippen molar-refractivity contribution < 1.29 is 9.21 Å². The molecule has 0 saturated heterocycles. The minimum atomic E-state index is -0.0921. The Hall–Kier alpha value is -1.34. The van der Waals surface area contributed by atoms with E-state index in [4.69, 9.17) is 4.42 Å². The smallest absolute Gasteiger partial charge is 0.277 e. The summed E-state index contributed by atoms with van der Waals surface area (Å²) in [7, 11) is 0. The second-order valence-electron chi connectivity index (χ2n) is 5.59. The molecule has 3 rings (SSSR count). The monoisotopic (exact) mass is 395 g/mol. The molecule has 7 heteroatoms. The van der Waals surface area contributed by atoms with Crippen LogP contribution >= 0.6 is 27.7 Å². The lowest BCUT2D eigenvalue weighted by Crippen LogP contribution is -2.13. The number of anilines is 1. The maximum absolute atomic E-state index is 12.0. The summed E-state index contributed by atoms with van der Waals surface area (Å²) in [5.74, 6) is 1.27. The molecule has 2 aromatic rings. The van der Waals surface area contributed by atoms with Crippen LogP contribution in [0.1, 0.15) is 43.9 Å². The van der Waals surface area contributed by atoms with Gasteiger partial charge in [-0.25, -0.2) is 0 Å². The van der Waals surface area contributed by atoms with Crippen LogP contribution in [0.15, 0.2) is 38.4 Å². The molecule has 5 nitrogen and oxygen atoms in total. The van der Waals surface area contributed by atoms with Gasteiger partial charge in [-0.2, -0.15) is 0 Å². The lowest BCUT2D eigenvalue weighted by atomic mass is 9.89. The van der Waals surface area contributed by atoms with Crippen molar-refractivity contribution in [3.63, 3.8) is 0 Å². The Labute approximate surface area is 147 Å². The fourth-order valence-electron chi connectivity index (χ4n) is 2.68. The van der Waals surface area contributed by atoms with Gasteiger partial charge in [-0.1, -0.05) is 53.0 Å². The number of nitrogens with one attached hydrogen (secondary N) is 1. The van der Waals surface area contributed by atoms with Crippen LogP contribution in [-0.4, -0.2) is 21.9 Å². The Morgan fingerprint density at radius 1 is 1.30 bits per heavy atom. The standard InChI is InChI=1S/C16H18BrN3O2S/c17-12-7-4-8-13(9-12)18-14(21)10-23-16-20-19-15(22-16)11-5-2-1-3-6-11/h4,7-9,11H,1-3,5-6,10H2,(H,18,21). The van der Waals surface area contributed by atoms with Crippen molar-refractivity contribution in [1.29, 1.82) is 0 Å². The van der Waals surface area contributed by atoms with Gasteiger partial charge in [0, 0.05) is 16.1 Å². The van der Waals surface area contributed by atoms with Gasteiger partial charge >= 0.3 is 0 Å². The Morgan fingerprint density at radius 3 is 2.91 bits per heavy atom. The Balaban J connectivity index is 1.50. The first-order valence-corrected chi connectivity index (χ1v) is 9.50. The van der Waals surface area contributed by atoms with E-state index in [1.54, 1.807) is 0 Å². The van der Waals surface area contributed by atoms with Crippen LogP contribution in [0.5, 0.6) is 0 Å². The fraction of sp³-hybridized carbons (Fsp3) is 0.438. The van der Waals surface area contributed by atoms with Crippen LogP contribution in [0.4, 0.5) is 5.69 Å². The molecule has 1 heterocycles. The van der Waals surface area contributed by atoms with E-state index in [9.17, 15) is 4.79 Å². The average molecular weight is 396 g/mol. The third kappa shape index (κ3) is 4.81. The minimum absolute atomic E-state index is 0.0921. The van der Waals surface area contributed by atoms with Gasteiger partial charge in [0.05, 0.1) is 5.75 Å². The van der Waals surface area contributed by atoms with Crippen LogP contribution in [0.3, 0.4) is 0 Å². The SMILES string of the molecule is O=C(CSc1nnc(C2CCCCC2)o1)Nc1cccc(Br)c1. The van der Waals surface area contributed by atoms with Gasteiger partial charge in [-0.15, -0.1) is 10.2 Å². The largest absolute Gasteiger partial charge is 0.416 e. The summed E-state index contributed by atoms with van der Waals surface area (Å²) in [6.45, 7) is 0. The summed E-state index contributed by atoms with van der Waals surface area (Å²) in [6.07, 6.45) is 5.99. The van der Waals surface area contributed by atoms with Crippen molar-refractivity contribution in [2.75, 3.05) is 11.1 Å². The topological polar surface area (TPSA) is 68.0 Å². The van der Waals surface area contributed by atoms with Crippen molar-refractivity contribution in [3.05, 3.63) is 34.6 Å². The highest BCUT2D eigenvalue weighted by Crippen LogP contribution is 2.32. The number of aromatic nitrogens is 2. The van der Waals surface area contributed by atoms with Crippen molar-refractivity contribution in [2.45, 2.75) is 43.2 Å². The van der Waals surface area contributed by atoms with Crippen molar-refractivity contribution in [1.82, 2.24) is 10.2 Å². The number of amides is 1. The van der Waals surface area contributed by atoms with Crippen LogP contribution in [0.25, 0.3) is 0 Å². The number of thioether (sulfide) groups is 1. The van der Waals surface area contributed by atoms with E-state index in [0.29, 0.717) is 11.1 Å². The zero-order valence-electron chi connectivity index (χ0n) is 12.6. The normalized spacial score (nSPS) is 15.5. The first-order chi connectivity index (χ1) is 11.2. The second kappa shape index (κ2) is 7.97. The number of hydrogen-bond donors (Lipinski definition) is 1. The zero-order chi connectivity index (χ0) is 16.1. The molecule has 122 valence electrons. The molecule has 0 bridgehead atoms. The number of carbonyl (C=O) groups excluding carboxylic acids is 1. The Kier molecular flexibility index (Phi) is 5.72. The second-order valence-corrected chi connectivity index (χ2v) is 7.43. The number of benzene rings is 1. The summed E-state index contributed by atoms with van der Waals surface area (Å²) in [6, 6.07) is 7.49. The first-order valence-electron chi connectivity index (χ1n) is 7.72. The van der Waals surface area contributed by atoms with Gasteiger partial charge in [0.1, 0.15) is 0 Å². The van der Waals surface area contributed by atoms with E-state index in [-0.39, 0.29) is 11.7 Å². The predicted molar refractivity (Wildman–Crippen MR) is 93.6 cm³/mol. The highest BCUT2D eigenvalue weighted by atomic mass is 79.9. The van der Waals surface area contributed by atoms with Crippen LogP contribution in [-0.2, 0) is 4.79 Å². The van der Waals surface area contributed by atoms with Crippen molar-refractivity contribution >= 4 is 39.3 Å². The zero-order valence-corrected chi connectivity index (χ0v) is 15.0. The number of hydrogen-bond acceptors (Lipinski definition) is 5. The van der Waals surface area contributed by atoms with Gasteiger partial charge in [0.15, 0.2) is 0 Å². The molecule has 1 fully saturated rings. The van der Waals surface area contributed by atoms with Crippen LogP contribution < -0.4 is 5.32 Å². The molecule has 1 amide bonds. The number of carbonyl (C=O) groups is 1. The van der Waals surface area contributed by atoms with Gasteiger partial charge in [-0.3, -0.25) is 4.79 Å². The molecule has 1 aromatic heterocycles. The first kappa shape index (κ1) is 16.5. The number of nitrogens with zero attached hydrogens (tertiary/aromatic N) is 2. The van der Waals surface area contributed by atoms with Gasteiger partial charge in [-0.05, 0) is 31.0 Å². The predicted octanol–water partition coefficient (Wildman–Crippen LogP) is 4.61.